The maximum Gasteiger partial charge on any atom is 0.310 e. The fourth-order valence-electron chi connectivity index (χ4n) is 5.85. The van der Waals surface area contributed by atoms with Gasteiger partial charge in [-0.2, -0.15) is 0 Å². The number of carbonyl (C=O) groups is 3. The van der Waals surface area contributed by atoms with Crippen molar-refractivity contribution in [2.75, 3.05) is 32.8 Å². The highest BCUT2D eigenvalue weighted by atomic mass is 32.2. The lowest BCUT2D eigenvalue weighted by molar-refractivity contribution is -0.154. The molecule has 0 saturated carbocycles. The average Bonchev–Trinajstić information content (AvgIpc) is 3.46. The number of thioether (sulfide) groups is 1. The summed E-state index contributed by atoms with van der Waals surface area (Å²) in [6.45, 7) is 11.4. The largest absolute Gasteiger partial charge is 0.465 e. The molecule has 3 saturated heterocycles. The Hall–Kier alpha value is -1.80. The molecule has 1 N–H and O–H groups in total. The van der Waals surface area contributed by atoms with Gasteiger partial charge in [0.05, 0.1) is 23.2 Å². The predicted octanol–water partition coefficient (Wildman–Crippen LogP) is 3.17. The minimum Gasteiger partial charge on any atom is -0.465 e. The van der Waals surface area contributed by atoms with Crippen LogP contribution >= 0.6 is 11.8 Å². The third kappa shape index (κ3) is 5.08. The molecule has 3 rings (SSSR count). The number of nitrogens with zero attached hydrogens (tertiary/aromatic N) is 2. The molecule has 3 aliphatic heterocycles. The van der Waals surface area contributed by atoms with E-state index in [9.17, 15) is 19.5 Å². The lowest BCUT2D eigenvalue weighted by Gasteiger charge is -2.37. The van der Waals surface area contributed by atoms with Crippen LogP contribution in [-0.2, 0) is 19.1 Å². The van der Waals surface area contributed by atoms with E-state index in [2.05, 4.69) is 20.1 Å². The Balaban J connectivity index is 1.90. The van der Waals surface area contributed by atoms with Crippen molar-refractivity contribution in [3.63, 3.8) is 0 Å². The van der Waals surface area contributed by atoms with E-state index in [0.717, 1.165) is 32.1 Å². The van der Waals surface area contributed by atoms with E-state index in [4.69, 9.17) is 4.74 Å². The first-order valence-electron chi connectivity index (χ1n) is 12.7. The average molecular weight is 493 g/mol. The quantitative estimate of drug-likeness (QED) is 0.215. The number of unbranched alkanes of at least 4 members (excludes halogenated alkanes) is 3. The van der Waals surface area contributed by atoms with Gasteiger partial charge in [-0.05, 0) is 38.5 Å². The molecular formula is C26H40N2O5S. The molecular weight excluding hydrogens is 452 g/mol. The van der Waals surface area contributed by atoms with Gasteiger partial charge in [0, 0.05) is 31.5 Å². The molecule has 1 spiro atoms. The Morgan fingerprint density at radius 2 is 2.06 bits per heavy atom. The molecule has 0 radical (unpaired) electrons. The van der Waals surface area contributed by atoms with E-state index in [-0.39, 0.29) is 36.2 Å². The van der Waals surface area contributed by atoms with Crippen molar-refractivity contribution in [3.8, 4) is 0 Å². The van der Waals surface area contributed by atoms with E-state index >= 15 is 0 Å². The highest BCUT2D eigenvalue weighted by Gasteiger charge is 2.74. The number of hydrogen-bond donors (Lipinski definition) is 1. The smallest absolute Gasteiger partial charge is 0.310 e. The normalized spacial score (nSPS) is 29.2. The SMILES string of the molecule is C=CCCOC(=O)[C@@H]1[C@H]2C(=O)N(CCCCO)C(C(=O)N(CC=C)CCCCC)C23CC[C@H]1S3. The van der Waals surface area contributed by atoms with Gasteiger partial charge in [0.2, 0.25) is 11.8 Å². The van der Waals surface area contributed by atoms with Crippen molar-refractivity contribution in [3.05, 3.63) is 25.3 Å². The first kappa shape index (κ1) is 26.8. The minimum absolute atomic E-state index is 0.00742. The van der Waals surface area contributed by atoms with Crippen molar-refractivity contribution < 1.29 is 24.2 Å². The summed E-state index contributed by atoms with van der Waals surface area (Å²) in [4.78, 5) is 44.4. The molecule has 0 aliphatic carbocycles. The van der Waals surface area contributed by atoms with Crippen molar-refractivity contribution >= 4 is 29.5 Å². The Morgan fingerprint density at radius 3 is 2.74 bits per heavy atom. The summed E-state index contributed by atoms with van der Waals surface area (Å²) in [6.07, 6.45) is 9.76. The molecule has 2 bridgehead atoms. The van der Waals surface area contributed by atoms with E-state index < -0.39 is 22.6 Å². The molecule has 8 heteroatoms. The van der Waals surface area contributed by atoms with E-state index in [1.54, 1.807) is 28.8 Å². The maximum atomic E-state index is 14.0. The van der Waals surface area contributed by atoms with E-state index in [1.807, 2.05) is 4.90 Å². The standard InChI is InChI=1S/C26H40N2O5S/c1-4-7-9-15-27(14-6-3)24(31)22-26-13-12-19(34-26)20(25(32)33-18-8-5-2)21(26)23(30)28(22)16-10-11-17-29/h5-6,19-22,29H,2-4,7-18H2,1H3/t19-,20+,21+,22?,26?/m1/s1. The lowest BCUT2D eigenvalue weighted by atomic mass is 9.71. The van der Waals surface area contributed by atoms with Gasteiger partial charge in [0.15, 0.2) is 0 Å². The summed E-state index contributed by atoms with van der Waals surface area (Å²) in [5.41, 5.74) is 0. The first-order valence-corrected chi connectivity index (χ1v) is 13.6. The maximum absolute atomic E-state index is 14.0. The summed E-state index contributed by atoms with van der Waals surface area (Å²) >= 11 is 1.67. The van der Waals surface area contributed by atoms with Crippen LogP contribution in [0.15, 0.2) is 25.3 Å². The summed E-state index contributed by atoms with van der Waals surface area (Å²) < 4.78 is 4.92. The zero-order chi connectivity index (χ0) is 24.7. The Morgan fingerprint density at radius 1 is 1.26 bits per heavy atom. The van der Waals surface area contributed by atoms with Crippen LogP contribution in [0.5, 0.6) is 0 Å². The lowest BCUT2D eigenvalue weighted by Crippen LogP contribution is -2.55. The second-order valence-corrected chi connectivity index (χ2v) is 11.1. The Bertz CT molecular complexity index is 774. The van der Waals surface area contributed by atoms with Gasteiger partial charge >= 0.3 is 5.97 Å². The number of aliphatic hydroxyl groups is 1. The van der Waals surface area contributed by atoms with Crippen LogP contribution in [0, 0.1) is 11.8 Å². The predicted molar refractivity (Wildman–Crippen MR) is 134 cm³/mol. The highest BCUT2D eigenvalue weighted by molar-refractivity contribution is 8.02. The van der Waals surface area contributed by atoms with Gasteiger partial charge in [-0.25, -0.2) is 0 Å². The Kier molecular flexibility index (Phi) is 9.65. The van der Waals surface area contributed by atoms with Gasteiger partial charge in [-0.3, -0.25) is 14.4 Å². The number of esters is 1. The van der Waals surface area contributed by atoms with Crippen LogP contribution in [-0.4, -0.2) is 81.6 Å². The fraction of sp³-hybridized carbons (Fsp3) is 0.731. The third-order valence-electron chi connectivity index (χ3n) is 7.37. The molecule has 2 amide bonds. The molecule has 190 valence electrons. The number of rotatable bonds is 15. The molecule has 3 fully saturated rings. The van der Waals surface area contributed by atoms with Gasteiger partial charge in [0.25, 0.3) is 0 Å². The molecule has 7 nitrogen and oxygen atoms in total. The number of fused-ring (bicyclic) bond motifs is 1. The van der Waals surface area contributed by atoms with E-state index in [1.165, 1.54) is 0 Å². The van der Waals surface area contributed by atoms with Crippen LogP contribution in [0.1, 0.15) is 58.3 Å². The summed E-state index contributed by atoms with van der Waals surface area (Å²) in [5.74, 6) is -1.51. The minimum atomic E-state index is -0.593. The third-order valence-corrected chi connectivity index (χ3v) is 9.32. The van der Waals surface area contributed by atoms with Crippen molar-refractivity contribution in [1.29, 1.82) is 0 Å². The number of ether oxygens (including phenoxy) is 1. The number of aliphatic hydroxyl groups excluding tert-OH is 1. The summed E-state index contributed by atoms with van der Waals surface area (Å²) in [5, 5.41) is 9.29. The summed E-state index contributed by atoms with van der Waals surface area (Å²) in [6, 6.07) is -0.591. The number of hydrogen-bond acceptors (Lipinski definition) is 6. The van der Waals surface area contributed by atoms with Gasteiger partial charge < -0.3 is 19.6 Å². The molecule has 2 unspecified atom stereocenters. The molecule has 0 aromatic rings. The summed E-state index contributed by atoms with van der Waals surface area (Å²) in [7, 11) is 0. The Labute approximate surface area is 208 Å². The first-order chi connectivity index (χ1) is 16.5. The fourth-order valence-corrected chi connectivity index (χ4v) is 8.05. The topological polar surface area (TPSA) is 87.1 Å². The van der Waals surface area contributed by atoms with Crippen molar-refractivity contribution in [2.45, 2.75) is 74.3 Å². The molecule has 34 heavy (non-hydrogen) atoms. The van der Waals surface area contributed by atoms with Crippen LogP contribution in [0.3, 0.4) is 0 Å². The van der Waals surface area contributed by atoms with Gasteiger partial charge in [0.1, 0.15) is 6.04 Å². The highest BCUT2D eigenvalue weighted by Crippen LogP contribution is 2.66. The zero-order valence-electron chi connectivity index (χ0n) is 20.5. The molecule has 5 atom stereocenters. The van der Waals surface area contributed by atoms with Crippen LogP contribution < -0.4 is 0 Å². The van der Waals surface area contributed by atoms with Crippen LogP contribution in [0.4, 0.5) is 0 Å². The monoisotopic (exact) mass is 492 g/mol. The van der Waals surface area contributed by atoms with Crippen molar-refractivity contribution in [1.82, 2.24) is 9.80 Å². The zero-order valence-corrected chi connectivity index (χ0v) is 21.3. The van der Waals surface area contributed by atoms with Crippen LogP contribution in [0.25, 0.3) is 0 Å². The van der Waals surface area contributed by atoms with E-state index in [0.29, 0.717) is 38.9 Å². The number of likely N-dealkylation sites (tertiary alicyclic amines) is 1. The van der Waals surface area contributed by atoms with Crippen molar-refractivity contribution in [2.24, 2.45) is 11.8 Å². The molecule has 0 aromatic carbocycles. The second kappa shape index (κ2) is 12.2. The molecule has 0 aromatic heterocycles. The molecule has 3 heterocycles. The van der Waals surface area contributed by atoms with Crippen LogP contribution in [0.2, 0.25) is 0 Å². The molecule has 3 aliphatic rings. The van der Waals surface area contributed by atoms with Gasteiger partial charge in [-0.1, -0.05) is 31.9 Å². The number of amides is 2. The van der Waals surface area contributed by atoms with Gasteiger partial charge in [-0.15, -0.1) is 24.9 Å². The second-order valence-electron chi connectivity index (χ2n) is 9.54. The number of carbonyl (C=O) groups excluding carboxylic acids is 3.